The van der Waals surface area contributed by atoms with Gasteiger partial charge in [-0.3, -0.25) is 19.4 Å². The monoisotopic (exact) mass is 820 g/mol. The normalized spacial score (nSPS) is 29.7. The van der Waals surface area contributed by atoms with Crippen LogP contribution in [-0.2, 0) is 14.3 Å². The number of phenolic OH excluding ortho intramolecular Hbond substituents is 2. The Morgan fingerprint density at radius 2 is 1.68 bits per heavy atom. The molecule has 13 nitrogen and oxygen atoms in total. The molecule has 1 spiro atoms. The topological polar surface area (TPSA) is 191 Å². The zero-order valence-electron chi connectivity index (χ0n) is 37.0. The third-order valence-corrected chi connectivity index (χ3v) is 12.4. The van der Waals surface area contributed by atoms with Crippen LogP contribution in [0.1, 0.15) is 122 Å². The van der Waals surface area contributed by atoms with Crippen LogP contribution in [0.4, 0.5) is 5.69 Å². The Morgan fingerprint density at radius 3 is 2.32 bits per heavy atom. The van der Waals surface area contributed by atoms with Crippen molar-refractivity contribution in [3.63, 3.8) is 0 Å². The first-order valence-electron chi connectivity index (χ1n) is 21.2. The van der Waals surface area contributed by atoms with E-state index in [4.69, 9.17) is 19.6 Å². The molecule has 2 aromatic carbocycles. The molecule has 8 atom stereocenters. The molecule has 5 rings (SSSR count). The first-order valence-corrected chi connectivity index (χ1v) is 21.2. The van der Waals surface area contributed by atoms with E-state index in [1.165, 1.54) is 6.92 Å². The summed E-state index contributed by atoms with van der Waals surface area (Å²) in [6.07, 6.45) is 9.97. The molecule has 326 valence electrons. The van der Waals surface area contributed by atoms with Gasteiger partial charge in [0, 0.05) is 55.4 Å². The maximum absolute atomic E-state index is 14.7. The molecular weight excluding hydrogens is 753 g/mol. The number of Topliss-reactive ketones (excluding diaryl/α,β-unsaturated/α-hetero) is 1. The van der Waals surface area contributed by atoms with Crippen LogP contribution in [0.25, 0.3) is 10.8 Å². The minimum atomic E-state index is -0.815. The lowest BCUT2D eigenvalue weighted by molar-refractivity contribution is -0.156. The molecule has 1 fully saturated rings. The van der Waals surface area contributed by atoms with Gasteiger partial charge in [-0.15, -0.1) is 0 Å². The van der Waals surface area contributed by atoms with E-state index in [-0.39, 0.29) is 92.6 Å². The Bertz CT molecular complexity index is 2060. The van der Waals surface area contributed by atoms with Gasteiger partial charge in [0.1, 0.15) is 34.0 Å². The number of allylic oxidation sites excluding steroid dienone is 3. The van der Waals surface area contributed by atoms with E-state index in [0.29, 0.717) is 43.4 Å². The maximum atomic E-state index is 14.7. The molecule has 1 saturated carbocycles. The minimum Gasteiger partial charge on any atom is -0.507 e. The average molecular weight is 821 g/mol. The van der Waals surface area contributed by atoms with E-state index >= 15 is 0 Å². The lowest BCUT2D eigenvalue weighted by Gasteiger charge is -2.35. The average Bonchev–Trinajstić information content (AvgIpc) is 3.43. The van der Waals surface area contributed by atoms with Crippen molar-refractivity contribution in [2.24, 2.45) is 33.7 Å². The number of phenols is 2. The number of aromatic hydroxyl groups is 2. The van der Waals surface area contributed by atoms with Crippen LogP contribution >= 0.6 is 0 Å². The second-order valence-corrected chi connectivity index (χ2v) is 17.2. The molecule has 13 heteroatoms. The number of anilines is 1. The van der Waals surface area contributed by atoms with Crippen molar-refractivity contribution in [1.82, 2.24) is 4.90 Å². The molecule has 1 amide bonds. The van der Waals surface area contributed by atoms with Crippen molar-refractivity contribution >= 4 is 34.1 Å². The van der Waals surface area contributed by atoms with Gasteiger partial charge in [-0.05, 0) is 91.1 Å². The van der Waals surface area contributed by atoms with Crippen LogP contribution in [0.2, 0.25) is 0 Å². The smallest absolute Gasteiger partial charge is 0.302 e. The van der Waals surface area contributed by atoms with Crippen molar-refractivity contribution in [3.05, 3.63) is 45.6 Å². The van der Waals surface area contributed by atoms with Crippen molar-refractivity contribution in [2.45, 2.75) is 137 Å². The summed E-state index contributed by atoms with van der Waals surface area (Å²) in [5.41, 5.74) is 0.412. The molecule has 59 heavy (non-hydrogen) atoms. The molecular formula is C46H68N4O9. The van der Waals surface area contributed by atoms with E-state index in [9.17, 15) is 29.7 Å². The zero-order valence-corrected chi connectivity index (χ0v) is 37.0. The lowest BCUT2D eigenvalue weighted by atomic mass is 9.79. The quantitative estimate of drug-likeness (QED) is 0.169. The minimum absolute atomic E-state index is 0.000137. The number of hydrogen-bond acceptors (Lipinski definition) is 12. The fourth-order valence-electron chi connectivity index (χ4n) is 9.21. The predicted molar refractivity (Wildman–Crippen MR) is 229 cm³/mol. The highest BCUT2D eigenvalue weighted by atomic mass is 16.5. The second kappa shape index (κ2) is 20.3. The summed E-state index contributed by atoms with van der Waals surface area (Å²) in [5.74, 6) is -2.41. The standard InChI is InChI=1S/C45H64N4O8.CH4O/c1-11-56-43-29(7)40(53)35-34-33(43)32(51)20-15-17-25(3)42(57-30(8)50)28(6)39(52)27(5)22-24(2)16-14-18-26(4)44(55)46-38(41(35)54)37-36(34)47-45(48-37)21-13-12-19-31(23-45)49(9)10;1-2/h14,16,18,24-25,27-28,31,39,42,47,52-54H,11-13,15,17,19-23H2,1-10H3;2H,1H3/b16-14+,26-18-,46-38?;/t24-,25+,27+,28+,31-,39+,42+,45-;/m0./s1. The van der Waals surface area contributed by atoms with Crippen LogP contribution in [0.5, 0.6) is 17.2 Å². The van der Waals surface area contributed by atoms with Crippen LogP contribution in [-0.4, -0.2) is 94.7 Å². The number of hydrogen-bond donors (Lipinski definition) is 5. The van der Waals surface area contributed by atoms with Crippen LogP contribution in [0, 0.1) is 30.6 Å². The Hall–Kier alpha value is -4.33. The number of ketones is 1. The number of esters is 1. The summed E-state index contributed by atoms with van der Waals surface area (Å²) in [6, 6.07) is 0.190. The molecule has 0 unspecified atom stereocenters. The first-order chi connectivity index (χ1) is 27.9. The number of nitrogens with one attached hydrogen (secondary N) is 1. The fourth-order valence-corrected chi connectivity index (χ4v) is 9.21. The molecule has 2 heterocycles. The van der Waals surface area contributed by atoms with Gasteiger partial charge in [0.2, 0.25) is 0 Å². The SMILES string of the molecule is CCOc1c(C)c(O)c2c(O)c3c4c(c2c1C(=O)CCC[C@@H](C)[C@@H](OC(C)=O)[C@H](C)[C@H](O)[C@H](C)C[C@@H](C)/C=C/C=C(/C)C(=O)N=3)N[C@@]1(CCCC[C@H](N(C)C)C1)N=4.CO. The number of amides is 1. The van der Waals surface area contributed by atoms with Gasteiger partial charge in [0.15, 0.2) is 11.5 Å². The van der Waals surface area contributed by atoms with Gasteiger partial charge in [-0.2, -0.15) is 0 Å². The molecule has 3 aliphatic rings. The van der Waals surface area contributed by atoms with E-state index in [1.54, 1.807) is 32.9 Å². The lowest BCUT2D eigenvalue weighted by Crippen LogP contribution is -2.40. The Morgan fingerprint density at radius 1 is 0.983 bits per heavy atom. The first kappa shape index (κ1) is 47.3. The largest absolute Gasteiger partial charge is 0.507 e. The Labute approximate surface area is 349 Å². The van der Waals surface area contributed by atoms with Gasteiger partial charge >= 0.3 is 5.97 Å². The number of carbonyl (C=O) groups is 3. The number of rotatable bonds is 4. The van der Waals surface area contributed by atoms with Crippen molar-refractivity contribution in [2.75, 3.05) is 33.1 Å². The molecule has 1 aliphatic carbocycles. The number of carbonyl (C=O) groups excluding carboxylic acids is 3. The summed E-state index contributed by atoms with van der Waals surface area (Å²) in [5, 5.41) is 46.7. The highest BCUT2D eigenvalue weighted by Crippen LogP contribution is 2.47. The molecule has 0 saturated heterocycles. The van der Waals surface area contributed by atoms with E-state index in [0.717, 1.165) is 26.4 Å². The van der Waals surface area contributed by atoms with Crippen molar-refractivity contribution in [3.8, 4) is 17.2 Å². The van der Waals surface area contributed by atoms with E-state index < -0.39 is 35.5 Å². The third kappa shape index (κ3) is 10.3. The zero-order chi connectivity index (χ0) is 43.9. The molecule has 2 aliphatic heterocycles. The second-order valence-electron chi connectivity index (χ2n) is 17.2. The number of aliphatic hydroxyl groups excluding tert-OH is 2. The van der Waals surface area contributed by atoms with Gasteiger partial charge in [0.05, 0.1) is 29.3 Å². The predicted octanol–water partition coefficient (Wildman–Crippen LogP) is 6.44. The molecule has 2 aromatic rings. The Kier molecular flexibility index (Phi) is 16.3. The summed E-state index contributed by atoms with van der Waals surface area (Å²) >= 11 is 0. The molecule has 2 bridgehead atoms. The molecule has 0 radical (unpaired) electrons. The van der Waals surface area contributed by atoms with Gasteiger partial charge in [0.25, 0.3) is 5.91 Å². The van der Waals surface area contributed by atoms with Crippen LogP contribution in [0.3, 0.4) is 0 Å². The summed E-state index contributed by atoms with van der Waals surface area (Å²) in [6.45, 7) is 14.6. The summed E-state index contributed by atoms with van der Waals surface area (Å²) < 4.78 is 12.0. The van der Waals surface area contributed by atoms with Crippen molar-refractivity contribution in [1.29, 1.82) is 0 Å². The fraction of sp³-hybridized carbons (Fsp3) is 0.630. The number of benzene rings is 2. The number of ether oxygens (including phenoxy) is 2. The van der Waals surface area contributed by atoms with Gasteiger partial charge in [-0.1, -0.05) is 52.3 Å². The Balaban J connectivity index is 0.00000378. The van der Waals surface area contributed by atoms with Crippen LogP contribution < -0.4 is 20.8 Å². The maximum Gasteiger partial charge on any atom is 0.302 e. The van der Waals surface area contributed by atoms with Crippen LogP contribution in [0.15, 0.2) is 33.8 Å². The third-order valence-electron chi connectivity index (χ3n) is 12.4. The van der Waals surface area contributed by atoms with Crippen molar-refractivity contribution < 1.29 is 44.3 Å². The number of aliphatic hydroxyl groups is 2. The molecule has 0 aromatic heterocycles. The highest BCUT2D eigenvalue weighted by molar-refractivity contribution is 6.18. The number of nitrogens with zero attached hydrogens (tertiary/aromatic N) is 3. The summed E-state index contributed by atoms with van der Waals surface area (Å²) in [4.78, 5) is 52.9. The summed E-state index contributed by atoms with van der Waals surface area (Å²) in [7, 11) is 5.10. The van der Waals surface area contributed by atoms with E-state index in [2.05, 4.69) is 15.2 Å². The van der Waals surface area contributed by atoms with Gasteiger partial charge in [-0.25, -0.2) is 4.99 Å². The highest BCUT2D eigenvalue weighted by Gasteiger charge is 2.42. The van der Waals surface area contributed by atoms with E-state index in [1.807, 2.05) is 47.9 Å². The van der Waals surface area contributed by atoms with Gasteiger partial charge < -0.3 is 40.1 Å². The molecule has 5 N–H and O–H groups in total.